The quantitative estimate of drug-likeness (QED) is 0.686. The molecular formula is C21H24N4O4S. The molecule has 0 amide bonds. The van der Waals surface area contributed by atoms with Gasteiger partial charge in [-0.2, -0.15) is 5.26 Å². The third-order valence-electron chi connectivity index (χ3n) is 4.54. The van der Waals surface area contributed by atoms with Crippen molar-refractivity contribution in [1.82, 2.24) is 4.90 Å². The predicted molar refractivity (Wildman–Crippen MR) is 115 cm³/mol. The summed E-state index contributed by atoms with van der Waals surface area (Å²) < 4.78 is 16.6. The van der Waals surface area contributed by atoms with E-state index in [0.717, 1.165) is 5.56 Å². The fraction of sp³-hybridized carbons (Fsp3) is 0.381. The molecule has 1 atom stereocenters. The van der Waals surface area contributed by atoms with Gasteiger partial charge >= 0.3 is 5.97 Å². The molecule has 158 valence electrons. The number of hydrogen-bond acceptors (Lipinski definition) is 9. The van der Waals surface area contributed by atoms with Crippen LogP contribution in [0.5, 0.6) is 11.5 Å². The summed E-state index contributed by atoms with van der Waals surface area (Å²) in [5.41, 5.74) is 7.91. The normalized spacial score (nSPS) is 18.2. The van der Waals surface area contributed by atoms with E-state index in [1.807, 2.05) is 19.1 Å². The molecule has 3 rings (SSSR count). The lowest BCUT2D eigenvalue weighted by atomic mass is 9.94. The van der Waals surface area contributed by atoms with Gasteiger partial charge in [0.25, 0.3) is 0 Å². The topological polar surface area (TPSA) is 110 Å². The molecule has 0 unspecified atom stereocenters. The van der Waals surface area contributed by atoms with Gasteiger partial charge in [0, 0.05) is 0 Å². The van der Waals surface area contributed by atoms with E-state index in [4.69, 9.17) is 19.9 Å². The van der Waals surface area contributed by atoms with Crippen molar-refractivity contribution in [3.63, 3.8) is 0 Å². The van der Waals surface area contributed by atoms with Gasteiger partial charge in [-0.05, 0) is 57.2 Å². The molecule has 9 heteroatoms. The lowest BCUT2D eigenvalue weighted by molar-refractivity contribution is -0.143. The standard InChI is InChI=1S/C21H24N4O4S/c1-6-28-15-9-13(7-8-14(15)27-5)18-17(20(26)29-11(2)3)12(4)24-21-25(18)19(23)16(10-22)30-21/h7-9,11,18H,6,23H2,1-5H3/t18-/m0/s1. The zero-order chi connectivity index (χ0) is 22.0. The first-order chi connectivity index (χ1) is 14.3. The molecule has 2 aliphatic heterocycles. The molecule has 0 bridgehead atoms. The Balaban J connectivity index is 2.19. The maximum atomic E-state index is 13.0. The number of nitrogens with two attached hydrogens (primary N) is 1. The highest BCUT2D eigenvalue weighted by molar-refractivity contribution is 8.17. The average Bonchev–Trinajstić information content (AvgIpc) is 3.01. The Kier molecular flexibility index (Phi) is 6.27. The van der Waals surface area contributed by atoms with Crippen LogP contribution < -0.4 is 15.2 Å². The van der Waals surface area contributed by atoms with Crippen LogP contribution in [0.2, 0.25) is 0 Å². The highest BCUT2D eigenvalue weighted by Gasteiger charge is 2.43. The summed E-state index contributed by atoms with van der Waals surface area (Å²) in [6.45, 7) is 7.66. The van der Waals surface area contributed by atoms with E-state index in [9.17, 15) is 10.1 Å². The number of carbonyl (C=O) groups is 1. The van der Waals surface area contributed by atoms with Crippen LogP contribution in [-0.2, 0) is 9.53 Å². The van der Waals surface area contributed by atoms with Crippen LogP contribution in [0.1, 0.15) is 39.3 Å². The summed E-state index contributed by atoms with van der Waals surface area (Å²) in [4.78, 5) is 19.6. The van der Waals surface area contributed by atoms with Crippen LogP contribution in [0.3, 0.4) is 0 Å². The van der Waals surface area contributed by atoms with Crippen LogP contribution in [0.4, 0.5) is 0 Å². The molecule has 2 heterocycles. The molecule has 0 spiro atoms. The van der Waals surface area contributed by atoms with Gasteiger partial charge in [-0.15, -0.1) is 0 Å². The summed E-state index contributed by atoms with van der Waals surface area (Å²) in [6, 6.07) is 6.91. The maximum Gasteiger partial charge on any atom is 0.338 e. The van der Waals surface area contributed by atoms with Gasteiger partial charge in [0.2, 0.25) is 0 Å². The van der Waals surface area contributed by atoms with Crippen molar-refractivity contribution < 1.29 is 19.0 Å². The Morgan fingerprint density at radius 3 is 2.73 bits per heavy atom. The highest BCUT2D eigenvalue weighted by atomic mass is 32.2. The molecule has 0 saturated heterocycles. The molecule has 2 aliphatic rings. The SMILES string of the molecule is CCOc1cc([C@H]2C(C(=O)OC(C)C)=C(C)N=C3SC(C#N)=C(N)N32)ccc1OC. The van der Waals surface area contributed by atoms with E-state index in [1.54, 1.807) is 38.8 Å². The second kappa shape index (κ2) is 8.71. The van der Waals surface area contributed by atoms with Crippen LogP contribution in [0.15, 0.2) is 45.2 Å². The van der Waals surface area contributed by atoms with Crippen molar-refractivity contribution in [2.45, 2.75) is 39.8 Å². The zero-order valence-electron chi connectivity index (χ0n) is 17.6. The van der Waals surface area contributed by atoms with Crippen molar-refractivity contribution in [2.24, 2.45) is 10.7 Å². The van der Waals surface area contributed by atoms with Crippen molar-refractivity contribution >= 4 is 22.9 Å². The van der Waals surface area contributed by atoms with Gasteiger partial charge in [0.05, 0.1) is 37.1 Å². The van der Waals surface area contributed by atoms with Crippen molar-refractivity contribution in [2.75, 3.05) is 13.7 Å². The first-order valence-corrected chi connectivity index (χ1v) is 10.3. The Labute approximate surface area is 180 Å². The third-order valence-corrected chi connectivity index (χ3v) is 5.52. The Hall–Kier alpha value is -3.12. The second-order valence-corrected chi connectivity index (χ2v) is 7.87. The monoisotopic (exact) mass is 428 g/mol. The van der Waals surface area contributed by atoms with E-state index < -0.39 is 12.0 Å². The second-order valence-electron chi connectivity index (χ2n) is 6.89. The van der Waals surface area contributed by atoms with Gasteiger partial charge in [-0.3, -0.25) is 4.90 Å². The number of hydrogen-bond donors (Lipinski definition) is 1. The molecule has 1 aromatic rings. The van der Waals surface area contributed by atoms with E-state index in [0.29, 0.717) is 39.4 Å². The molecule has 2 N–H and O–H groups in total. The number of carbonyl (C=O) groups excluding carboxylic acids is 1. The molecule has 8 nitrogen and oxygen atoms in total. The number of ether oxygens (including phenoxy) is 3. The number of methoxy groups -OCH3 is 1. The van der Waals surface area contributed by atoms with Crippen molar-refractivity contribution in [3.05, 3.63) is 45.8 Å². The number of nitrogens with zero attached hydrogens (tertiary/aromatic N) is 3. The van der Waals surface area contributed by atoms with Crippen molar-refractivity contribution in [1.29, 1.82) is 5.26 Å². The largest absolute Gasteiger partial charge is 0.493 e. The number of rotatable bonds is 6. The Morgan fingerprint density at radius 2 is 2.13 bits per heavy atom. The van der Waals surface area contributed by atoms with Crippen LogP contribution in [0, 0.1) is 11.3 Å². The van der Waals surface area contributed by atoms with Crippen LogP contribution in [-0.4, -0.2) is 35.9 Å². The van der Waals surface area contributed by atoms with Gasteiger partial charge in [0.1, 0.15) is 16.8 Å². The van der Waals surface area contributed by atoms with E-state index >= 15 is 0 Å². The summed E-state index contributed by atoms with van der Waals surface area (Å²) in [7, 11) is 1.56. The molecule has 0 saturated carbocycles. The van der Waals surface area contributed by atoms with Gasteiger partial charge in [-0.25, -0.2) is 9.79 Å². The minimum atomic E-state index is -0.618. The molecule has 0 fully saturated rings. The zero-order valence-corrected chi connectivity index (χ0v) is 18.4. The lowest BCUT2D eigenvalue weighted by Crippen LogP contribution is -2.39. The first-order valence-electron chi connectivity index (χ1n) is 9.50. The Bertz CT molecular complexity index is 1010. The van der Waals surface area contributed by atoms with Crippen molar-refractivity contribution in [3.8, 4) is 17.6 Å². The molecule has 0 aromatic heterocycles. The van der Waals surface area contributed by atoms with E-state index in [2.05, 4.69) is 11.1 Å². The summed E-state index contributed by atoms with van der Waals surface area (Å²) in [5, 5.41) is 9.99. The number of allylic oxidation sites excluding steroid dienone is 2. The van der Waals surface area contributed by atoms with Gasteiger partial charge in [-0.1, -0.05) is 6.07 Å². The number of aliphatic imine (C=N–C) groups is 1. The molecule has 0 radical (unpaired) electrons. The summed E-state index contributed by atoms with van der Waals surface area (Å²) in [6.07, 6.45) is -0.297. The van der Waals surface area contributed by atoms with E-state index in [1.165, 1.54) is 11.8 Å². The fourth-order valence-electron chi connectivity index (χ4n) is 3.33. The number of amidine groups is 1. The smallest absolute Gasteiger partial charge is 0.338 e. The maximum absolute atomic E-state index is 13.0. The lowest BCUT2D eigenvalue weighted by Gasteiger charge is -2.35. The number of nitriles is 1. The van der Waals surface area contributed by atoms with E-state index in [-0.39, 0.29) is 11.9 Å². The predicted octanol–water partition coefficient (Wildman–Crippen LogP) is 3.43. The minimum Gasteiger partial charge on any atom is -0.493 e. The van der Waals surface area contributed by atoms with Crippen LogP contribution in [0.25, 0.3) is 0 Å². The molecule has 30 heavy (non-hydrogen) atoms. The van der Waals surface area contributed by atoms with Gasteiger partial charge in [0.15, 0.2) is 16.7 Å². The number of fused-ring (bicyclic) bond motifs is 1. The number of esters is 1. The third kappa shape index (κ3) is 3.83. The Morgan fingerprint density at radius 1 is 1.40 bits per heavy atom. The molecule has 0 aliphatic carbocycles. The average molecular weight is 429 g/mol. The minimum absolute atomic E-state index is 0.252. The fourth-order valence-corrected chi connectivity index (χ4v) is 4.24. The van der Waals surface area contributed by atoms with Crippen LogP contribution >= 0.6 is 11.8 Å². The summed E-state index contributed by atoms with van der Waals surface area (Å²) in [5.74, 6) is 0.898. The summed E-state index contributed by atoms with van der Waals surface area (Å²) >= 11 is 1.18. The number of benzene rings is 1. The van der Waals surface area contributed by atoms with Gasteiger partial charge < -0.3 is 19.9 Å². The first kappa shape index (κ1) is 21.6. The molecule has 1 aromatic carbocycles. The highest BCUT2D eigenvalue weighted by Crippen LogP contribution is 2.46. The number of thioether (sulfide) groups is 1. The molecular weight excluding hydrogens is 404 g/mol.